The van der Waals surface area contributed by atoms with E-state index in [1.165, 1.54) is 16.6 Å². The van der Waals surface area contributed by atoms with Crippen molar-refractivity contribution in [3.63, 3.8) is 0 Å². The fourth-order valence-corrected chi connectivity index (χ4v) is 3.32. The summed E-state index contributed by atoms with van der Waals surface area (Å²) in [5.74, 6) is 0. The molecule has 2 heterocycles. The smallest absolute Gasteiger partial charge is 0.423 e. The second-order valence-electron chi connectivity index (χ2n) is 3.80. The lowest BCUT2D eigenvalue weighted by Crippen LogP contribution is -2.44. The van der Waals surface area contributed by atoms with Gasteiger partial charge < -0.3 is 14.8 Å². The van der Waals surface area contributed by atoms with Crippen LogP contribution in [0.3, 0.4) is 0 Å². The molecule has 0 atom stereocenters. The minimum absolute atomic E-state index is 0.0727. The lowest BCUT2D eigenvalue weighted by Gasteiger charge is -2.26. The molecule has 0 aromatic carbocycles. The van der Waals surface area contributed by atoms with Gasteiger partial charge in [-0.2, -0.15) is 4.31 Å². The number of ether oxygens (including phenoxy) is 1. The van der Waals surface area contributed by atoms with E-state index in [4.69, 9.17) is 4.74 Å². The van der Waals surface area contributed by atoms with Crippen LogP contribution in [0.25, 0.3) is 0 Å². The quantitative estimate of drug-likeness (QED) is 0.605. The van der Waals surface area contributed by atoms with E-state index in [9.17, 15) is 18.5 Å². The number of hydrogen-bond donors (Lipinski definition) is 2. The summed E-state index contributed by atoms with van der Waals surface area (Å²) in [6.45, 7) is 1.16. The zero-order valence-electron chi connectivity index (χ0n) is 9.56. The average Bonchev–Trinajstić information content (AvgIpc) is 2.39. The van der Waals surface area contributed by atoms with Crippen molar-refractivity contribution >= 4 is 22.6 Å². The predicted molar refractivity (Wildman–Crippen MR) is 63.6 cm³/mol. The maximum Gasteiger partial charge on any atom is 0.489 e. The maximum absolute atomic E-state index is 12.3. The predicted octanol–water partition coefficient (Wildman–Crippen LogP) is -2.22. The third-order valence-electron chi connectivity index (χ3n) is 2.68. The van der Waals surface area contributed by atoms with E-state index in [0.717, 1.165) is 6.20 Å². The molecule has 0 aliphatic carbocycles. The van der Waals surface area contributed by atoms with Gasteiger partial charge in [0.15, 0.2) is 0 Å². The molecule has 1 aliphatic rings. The van der Waals surface area contributed by atoms with Crippen LogP contribution in [0.5, 0.6) is 0 Å². The topological polar surface area (TPSA) is 100.0 Å². The van der Waals surface area contributed by atoms with Crippen molar-refractivity contribution in [1.29, 1.82) is 0 Å². The summed E-state index contributed by atoms with van der Waals surface area (Å²) >= 11 is 0. The second-order valence-corrected chi connectivity index (χ2v) is 5.71. The van der Waals surface area contributed by atoms with Crippen LogP contribution in [0, 0.1) is 0 Å². The van der Waals surface area contributed by atoms with E-state index < -0.39 is 17.1 Å². The van der Waals surface area contributed by atoms with Gasteiger partial charge in [0.05, 0.1) is 13.2 Å². The number of aromatic nitrogens is 1. The molecule has 0 radical (unpaired) electrons. The molecule has 1 aliphatic heterocycles. The Labute approximate surface area is 105 Å². The minimum atomic E-state index is -3.77. The van der Waals surface area contributed by atoms with Crippen LogP contribution in [0.4, 0.5) is 0 Å². The Morgan fingerprint density at radius 1 is 1.33 bits per heavy atom. The van der Waals surface area contributed by atoms with Crippen LogP contribution >= 0.6 is 0 Å². The van der Waals surface area contributed by atoms with Gasteiger partial charge in [0.1, 0.15) is 4.90 Å². The van der Waals surface area contributed by atoms with Gasteiger partial charge in [-0.25, -0.2) is 8.42 Å². The molecule has 1 fully saturated rings. The largest absolute Gasteiger partial charge is 0.489 e. The monoisotopic (exact) mass is 272 g/mol. The molecule has 98 valence electrons. The molecule has 2 N–H and O–H groups in total. The van der Waals surface area contributed by atoms with E-state index in [1.54, 1.807) is 0 Å². The van der Waals surface area contributed by atoms with Crippen LogP contribution in [0.15, 0.2) is 23.4 Å². The van der Waals surface area contributed by atoms with Crippen molar-refractivity contribution in [3.8, 4) is 0 Å². The van der Waals surface area contributed by atoms with Gasteiger partial charge in [-0.05, 0) is 6.07 Å². The van der Waals surface area contributed by atoms with Crippen LogP contribution in [-0.4, -0.2) is 61.2 Å². The zero-order chi connectivity index (χ0) is 13.2. The third kappa shape index (κ3) is 2.55. The highest BCUT2D eigenvalue weighted by Crippen LogP contribution is 2.14. The number of hydrogen-bond acceptors (Lipinski definition) is 6. The van der Waals surface area contributed by atoms with Crippen LogP contribution in [0.1, 0.15) is 0 Å². The van der Waals surface area contributed by atoms with Crippen molar-refractivity contribution in [1.82, 2.24) is 9.29 Å². The first-order chi connectivity index (χ1) is 8.53. The highest BCUT2D eigenvalue weighted by Gasteiger charge is 2.31. The minimum Gasteiger partial charge on any atom is -0.423 e. The molecule has 9 heteroatoms. The molecule has 0 bridgehead atoms. The SMILES string of the molecule is O=S(=O)(c1cnccc1B(O)O)N1CCOCC1. The Balaban J connectivity index is 2.40. The molecule has 18 heavy (non-hydrogen) atoms. The number of pyridine rings is 1. The van der Waals surface area contributed by atoms with Crippen LogP contribution in [0.2, 0.25) is 0 Å². The van der Waals surface area contributed by atoms with Gasteiger partial charge in [0, 0.05) is 30.9 Å². The van der Waals surface area contributed by atoms with Gasteiger partial charge in [-0.15, -0.1) is 0 Å². The molecule has 0 spiro atoms. The highest BCUT2D eigenvalue weighted by atomic mass is 32.2. The molecule has 7 nitrogen and oxygen atoms in total. The Hall–Kier alpha value is -0.995. The van der Waals surface area contributed by atoms with E-state index in [-0.39, 0.29) is 23.4 Å². The summed E-state index contributed by atoms with van der Waals surface area (Å²) in [4.78, 5) is 3.55. The summed E-state index contributed by atoms with van der Waals surface area (Å²) in [6, 6.07) is 1.28. The summed E-state index contributed by atoms with van der Waals surface area (Å²) < 4.78 is 31.0. The summed E-state index contributed by atoms with van der Waals surface area (Å²) in [5.41, 5.74) is -0.0727. The van der Waals surface area contributed by atoms with Crippen molar-refractivity contribution in [2.45, 2.75) is 4.90 Å². The first kappa shape index (κ1) is 13.4. The third-order valence-corrected chi connectivity index (χ3v) is 4.62. The van der Waals surface area contributed by atoms with E-state index in [0.29, 0.717) is 13.2 Å². The summed E-state index contributed by atoms with van der Waals surface area (Å²) in [5, 5.41) is 18.4. The van der Waals surface area contributed by atoms with E-state index >= 15 is 0 Å². The standard InChI is InChI=1S/C9H13BN2O5S/c13-10(14)8-1-2-11-7-9(8)18(15,16)12-3-5-17-6-4-12/h1-2,7,13-14H,3-6H2. The Morgan fingerprint density at radius 3 is 2.61 bits per heavy atom. The maximum atomic E-state index is 12.3. The van der Waals surface area contributed by atoms with Crippen molar-refractivity contribution in [2.75, 3.05) is 26.3 Å². The molecule has 1 saturated heterocycles. The first-order valence-corrected chi connectivity index (χ1v) is 6.85. The lowest BCUT2D eigenvalue weighted by molar-refractivity contribution is 0.0730. The van der Waals surface area contributed by atoms with E-state index in [2.05, 4.69) is 4.98 Å². The Kier molecular flexibility index (Phi) is 3.98. The molecular formula is C9H13BN2O5S. The van der Waals surface area contributed by atoms with Crippen LogP contribution < -0.4 is 5.46 Å². The van der Waals surface area contributed by atoms with Crippen molar-refractivity contribution < 1.29 is 23.2 Å². The lowest BCUT2D eigenvalue weighted by atomic mass is 9.81. The fourth-order valence-electron chi connectivity index (χ4n) is 1.75. The highest BCUT2D eigenvalue weighted by molar-refractivity contribution is 7.89. The number of rotatable bonds is 3. The fraction of sp³-hybridized carbons (Fsp3) is 0.444. The molecule has 0 saturated carbocycles. The van der Waals surface area contributed by atoms with Gasteiger partial charge in [-0.1, -0.05) is 0 Å². The molecule has 0 amide bonds. The zero-order valence-corrected chi connectivity index (χ0v) is 10.4. The van der Waals surface area contributed by atoms with Crippen molar-refractivity contribution in [2.24, 2.45) is 0 Å². The van der Waals surface area contributed by atoms with Gasteiger partial charge in [-0.3, -0.25) is 4.98 Å². The second kappa shape index (κ2) is 5.33. The molecule has 0 unspecified atom stereocenters. The Morgan fingerprint density at radius 2 is 2.00 bits per heavy atom. The van der Waals surface area contributed by atoms with E-state index in [1.807, 2.05) is 0 Å². The first-order valence-electron chi connectivity index (χ1n) is 5.41. The Bertz CT molecular complexity index is 515. The average molecular weight is 272 g/mol. The molecule has 1 aromatic rings. The number of nitrogens with zero attached hydrogens (tertiary/aromatic N) is 2. The van der Waals surface area contributed by atoms with Gasteiger partial charge in [0.2, 0.25) is 10.0 Å². The number of sulfonamides is 1. The van der Waals surface area contributed by atoms with Crippen LogP contribution in [-0.2, 0) is 14.8 Å². The van der Waals surface area contributed by atoms with Gasteiger partial charge >= 0.3 is 7.12 Å². The van der Waals surface area contributed by atoms with Crippen molar-refractivity contribution in [3.05, 3.63) is 18.5 Å². The summed E-state index contributed by atoms with van der Waals surface area (Å²) in [7, 11) is -5.62. The molecule has 1 aromatic heterocycles. The normalized spacial score (nSPS) is 17.7. The van der Waals surface area contributed by atoms with Gasteiger partial charge in [0.25, 0.3) is 0 Å². The molecule has 2 rings (SSSR count). The number of morpholine rings is 1. The summed E-state index contributed by atoms with van der Waals surface area (Å²) in [6.07, 6.45) is 2.44. The molecular weight excluding hydrogens is 259 g/mol.